The number of aryl methyl sites for hydroxylation is 2. The van der Waals surface area contributed by atoms with Crippen LogP contribution in [0.25, 0.3) is 0 Å². The molecule has 0 radical (unpaired) electrons. The monoisotopic (exact) mass is 480 g/mol. The highest BCUT2D eigenvalue weighted by molar-refractivity contribution is 5.98. The summed E-state index contributed by atoms with van der Waals surface area (Å²) in [5, 5.41) is 0. The zero-order chi connectivity index (χ0) is 24.9. The Bertz CT molecular complexity index is 1150. The van der Waals surface area contributed by atoms with E-state index in [1.807, 2.05) is 23.1 Å². The van der Waals surface area contributed by atoms with Crippen molar-refractivity contribution in [2.75, 3.05) is 37.7 Å². The third kappa shape index (κ3) is 5.93. The Labute approximate surface area is 203 Å². The van der Waals surface area contributed by atoms with E-state index in [4.69, 9.17) is 4.74 Å². The second-order valence-corrected chi connectivity index (χ2v) is 9.01. The number of anilines is 1. The van der Waals surface area contributed by atoms with Crippen LogP contribution in [0.3, 0.4) is 0 Å². The van der Waals surface area contributed by atoms with Crippen molar-refractivity contribution in [2.45, 2.75) is 39.0 Å². The molecule has 1 fully saturated rings. The number of rotatable bonds is 8. The fourth-order valence-electron chi connectivity index (χ4n) is 4.59. The first-order valence-electron chi connectivity index (χ1n) is 12.0. The number of hydrogen-bond acceptors (Lipinski definition) is 6. The number of halogens is 1. The Kier molecular flexibility index (Phi) is 7.58. The average molecular weight is 481 g/mol. The molecular weight excluding hydrogens is 451 g/mol. The first-order valence-corrected chi connectivity index (χ1v) is 12.0. The molecule has 8 heteroatoms. The SMILES string of the molecule is CC(=O)c1ccc(N2CCN(C(=O)COC(=O)CCC(=O)c3ccc4c(c3)CCC4)CC2)c(F)c1. The van der Waals surface area contributed by atoms with E-state index >= 15 is 0 Å². The number of fused-ring (bicyclic) bond motifs is 1. The van der Waals surface area contributed by atoms with Crippen molar-refractivity contribution in [3.05, 3.63) is 64.5 Å². The van der Waals surface area contributed by atoms with Gasteiger partial charge in [0.1, 0.15) is 5.82 Å². The third-order valence-electron chi connectivity index (χ3n) is 6.66. The normalized spacial score (nSPS) is 15.0. The third-order valence-corrected chi connectivity index (χ3v) is 6.66. The van der Waals surface area contributed by atoms with Crippen molar-refractivity contribution in [2.24, 2.45) is 0 Å². The number of piperazine rings is 1. The van der Waals surface area contributed by atoms with Crippen molar-refractivity contribution in [3.8, 4) is 0 Å². The number of ketones is 2. The van der Waals surface area contributed by atoms with Crippen LogP contribution < -0.4 is 4.90 Å². The van der Waals surface area contributed by atoms with E-state index in [9.17, 15) is 23.6 Å². The molecule has 1 aliphatic heterocycles. The maximum Gasteiger partial charge on any atom is 0.306 e. The van der Waals surface area contributed by atoms with Crippen LogP contribution in [0.2, 0.25) is 0 Å². The molecule has 0 N–H and O–H groups in total. The van der Waals surface area contributed by atoms with Crippen molar-refractivity contribution < 1.29 is 28.3 Å². The molecule has 2 aliphatic rings. The minimum atomic E-state index is -0.584. The van der Waals surface area contributed by atoms with Crippen LogP contribution in [0.5, 0.6) is 0 Å². The van der Waals surface area contributed by atoms with E-state index in [-0.39, 0.29) is 36.9 Å². The predicted octanol–water partition coefficient (Wildman–Crippen LogP) is 3.37. The fourth-order valence-corrected chi connectivity index (χ4v) is 4.59. The van der Waals surface area contributed by atoms with Crippen LogP contribution in [-0.4, -0.2) is 61.1 Å². The highest BCUT2D eigenvalue weighted by atomic mass is 19.1. The summed E-state index contributed by atoms with van der Waals surface area (Å²) in [4.78, 5) is 51.8. The van der Waals surface area contributed by atoms with Crippen molar-refractivity contribution in [1.29, 1.82) is 0 Å². The summed E-state index contributed by atoms with van der Waals surface area (Å²) in [5.74, 6) is -1.69. The Hall–Kier alpha value is -3.55. The zero-order valence-electron chi connectivity index (χ0n) is 19.8. The molecule has 0 saturated carbocycles. The van der Waals surface area contributed by atoms with Gasteiger partial charge in [-0.3, -0.25) is 19.2 Å². The highest BCUT2D eigenvalue weighted by Crippen LogP contribution is 2.24. The van der Waals surface area contributed by atoms with Gasteiger partial charge in [-0.25, -0.2) is 4.39 Å². The van der Waals surface area contributed by atoms with Gasteiger partial charge < -0.3 is 14.5 Å². The second kappa shape index (κ2) is 10.8. The molecule has 2 aromatic carbocycles. The first kappa shape index (κ1) is 24.6. The van der Waals surface area contributed by atoms with Crippen LogP contribution in [0.1, 0.15) is 58.0 Å². The maximum absolute atomic E-state index is 14.4. The highest BCUT2D eigenvalue weighted by Gasteiger charge is 2.24. The van der Waals surface area contributed by atoms with Gasteiger partial charge in [-0.05, 0) is 61.6 Å². The Morgan fingerprint density at radius 3 is 2.31 bits per heavy atom. The van der Waals surface area contributed by atoms with Crippen molar-refractivity contribution >= 4 is 29.1 Å². The van der Waals surface area contributed by atoms with Gasteiger partial charge >= 0.3 is 5.97 Å². The quantitative estimate of drug-likeness (QED) is 0.426. The number of nitrogens with zero attached hydrogens (tertiary/aromatic N) is 2. The summed E-state index contributed by atoms with van der Waals surface area (Å²) in [6.07, 6.45) is 3.10. The van der Waals surface area contributed by atoms with Crippen LogP contribution in [0, 0.1) is 5.82 Å². The lowest BCUT2D eigenvalue weighted by Crippen LogP contribution is -2.50. The molecule has 2 aromatic rings. The summed E-state index contributed by atoms with van der Waals surface area (Å²) >= 11 is 0. The second-order valence-electron chi connectivity index (χ2n) is 9.01. The number of carbonyl (C=O) groups excluding carboxylic acids is 4. The first-order chi connectivity index (χ1) is 16.8. The molecule has 1 saturated heterocycles. The Morgan fingerprint density at radius 2 is 1.60 bits per heavy atom. The van der Waals surface area contributed by atoms with Gasteiger partial charge in [-0.15, -0.1) is 0 Å². The largest absolute Gasteiger partial charge is 0.456 e. The lowest BCUT2D eigenvalue weighted by Gasteiger charge is -2.36. The number of amides is 1. The molecule has 1 amide bonds. The molecule has 4 rings (SSSR count). The summed E-state index contributed by atoms with van der Waals surface area (Å²) in [6.45, 7) is 2.57. The topological polar surface area (TPSA) is 84.0 Å². The summed E-state index contributed by atoms with van der Waals surface area (Å²) < 4.78 is 19.5. The molecule has 0 bridgehead atoms. The summed E-state index contributed by atoms with van der Waals surface area (Å²) in [6, 6.07) is 10.1. The molecule has 7 nitrogen and oxygen atoms in total. The number of hydrogen-bond donors (Lipinski definition) is 0. The number of Topliss-reactive ketones (excluding diaryl/α,β-unsaturated/α-hetero) is 2. The molecule has 184 valence electrons. The Morgan fingerprint density at radius 1 is 0.886 bits per heavy atom. The van der Waals surface area contributed by atoms with E-state index in [1.54, 1.807) is 17.0 Å². The predicted molar refractivity (Wildman–Crippen MR) is 128 cm³/mol. The van der Waals surface area contributed by atoms with Crippen molar-refractivity contribution in [1.82, 2.24) is 4.90 Å². The van der Waals surface area contributed by atoms with E-state index < -0.39 is 11.8 Å². The molecule has 0 atom stereocenters. The van der Waals surface area contributed by atoms with Gasteiger partial charge in [0.05, 0.1) is 12.1 Å². The van der Waals surface area contributed by atoms with Crippen LogP contribution in [0.4, 0.5) is 10.1 Å². The Balaban J connectivity index is 1.19. The average Bonchev–Trinajstić information content (AvgIpc) is 3.34. The maximum atomic E-state index is 14.4. The van der Waals surface area contributed by atoms with Gasteiger partial charge in [0, 0.05) is 43.7 Å². The van der Waals surface area contributed by atoms with Crippen LogP contribution >= 0.6 is 0 Å². The lowest BCUT2D eigenvalue weighted by atomic mass is 10.0. The van der Waals surface area contributed by atoms with Crippen LogP contribution in [0.15, 0.2) is 36.4 Å². The molecular formula is C27H29FN2O5. The minimum Gasteiger partial charge on any atom is -0.456 e. The number of esters is 1. The van der Waals surface area contributed by atoms with Gasteiger partial charge in [0.15, 0.2) is 18.2 Å². The van der Waals surface area contributed by atoms with E-state index in [2.05, 4.69) is 0 Å². The summed E-state index contributed by atoms with van der Waals surface area (Å²) in [5.41, 5.74) is 3.81. The summed E-state index contributed by atoms with van der Waals surface area (Å²) in [7, 11) is 0. The molecule has 35 heavy (non-hydrogen) atoms. The minimum absolute atomic E-state index is 0.0401. The molecule has 1 heterocycles. The van der Waals surface area contributed by atoms with Gasteiger partial charge in [-0.1, -0.05) is 12.1 Å². The van der Waals surface area contributed by atoms with Gasteiger partial charge in [-0.2, -0.15) is 0 Å². The van der Waals surface area contributed by atoms with Crippen LogP contribution in [-0.2, 0) is 27.2 Å². The fraction of sp³-hybridized carbons (Fsp3) is 0.407. The molecule has 1 aliphatic carbocycles. The zero-order valence-corrected chi connectivity index (χ0v) is 19.8. The number of carbonyl (C=O) groups is 4. The van der Waals surface area contributed by atoms with E-state index in [1.165, 1.54) is 24.1 Å². The van der Waals surface area contributed by atoms with Gasteiger partial charge in [0.25, 0.3) is 5.91 Å². The van der Waals surface area contributed by atoms with Gasteiger partial charge in [0.2, 0.25) is 0 Å². The number of benzene rings is 2. The smallest absolute Gasteiger partial charge is 0.306 e. The molecule has 0 spiro atoms. The standard InChI is InChI=1S/C27H29FN2O5/c1-18(31)20-7-8-24(23(28)16-20)29-11-13-30(14-12-29)26(33)17-35-27(34)10-9-25(32)22-6-5-19-3-2-4-21(19)15-22/h5-8,15-16H,2-4,9-14,17H2,1H3. The van der Waals surface area contributed by atoms with E-state index in [0.717, 1.165) is 19.3 Å². The lowest BCUT2D eigenvalue weighted by molar-refractivity contribution is -0.152. The van der Waals surface area contributed by atoms with E-state index in [0.29, 0.717) is 43.0 Å². The molecule has 0 aromatic heterocycles. The number of ether oxygens (including phenoxy) is 1. The van der Waals surface area contributed by atoms with Crippen molar-refractivity contribution in [3.63, 3.8) is 0 Å². The molecule has 0 unspecified atom stereocenters.